The molecule has 0 amide bonds. The third kappa shape index (κ3) is 6.17. The van der Waals surface area contributed by atoms with Crippen LogP contribution in [0, 0.1) is 0 Å². The van der Waals surface area contributed by atoms with Crippen LogP contribution in [0.5, 0.6) is 11.5 Å². The summed E-state index contributed by atoms with van der Waals surface area (Å²) < 4.78 is 45.9. The Morgan fingerprint density at radius 2 is 1.49 bits per heavy atom. The number of alkyl halides is 3. The highest BCUT2D eigenvalue weighted by Gasteiger charge is 2.31. The van der Waals surface area contributed by atoms with Crippen molar-refractivity contribution in [2.45, 2.75) is 19.1 Å². The lowest BCUT2D eigenvalue weighted by Gasteiger charge is -2.15. The maximum Gasteiger partial charge on any atom is 0.573 e. The van der Waals surface area contributed by atoms with E-state index in [0.717, 1.165) is 12.1 Å². The SMILES string of the molecule is O=C(O)c1ccc(C(O)c2cc3cc(C(=O)OCc4ccc(OC(F)(F)F)cc4)ccc3cc2O)cc1. The Kier molecular flexibility index (Phi) is 7.03. The summed E-state index contributed by atoms with van der Waals surface area (Å²) in [5.74, 6) is -2.37. The van der Waals surface area contributed by atoms with Crippen molar-refractivity contribution in [2.24, 2.45) is 0 Å². The molecule has 0 aromatic heterocycles. The summed E-state index contributed by atoms with van der Waals surface area (Å²) in [7, 11) is 0. The Hall–Kier alpha value is -4.57. The first-order chi connectivity index (χ1) is 17.5. The fraction of sp³-hybridized carbons (Fsp3) is 0.111. The molecule has 0 aliphatic carbocycles. The van der Waals surface area contributed by atoms with E-state index < -0.39 is 30.2 Å². The Labute approximate surface area is 207 Å². The summed E-state index contributed by atoms with van der Waals surface area (Å²) in [5.41, 5.74) is 1.20. The molecule has 190 valence electrons. The van der Waals surface area contributed by atoms with Crippen LogP contribution in [-0.4, -0.2) is 33.6 Å². The number of phenols is 1. The number of carbonyl (C=O) groups excluding carboxylic acids is 1. The number of carboxylic acid groups (broad SMARTS) is 1. The first-order valence-electron chi connectivity index (χ1n) is 10.8. The highest BCUT2D eigenvalue weighted by molar-refractivity contribution is 5.96. The van der Waals surface area contributed by atoms with E-state index >= 15 is 0 Å². The summed E-state index contributed by atoms with van der Waals surface area (Å²) in [6, 6.07) is 18.0. The minimum absolute atomic E-state index is 0.0485. The van der Waals surface area contributed by atoms with Gasteiger partial charge in [0.2, 0.25) is 0 Å². The molecule has 0 saturated carbocycles. The van der Waals surface area contributed by atoms with Gasteiger partial charge in [-0.05, 0) is 70.4 Å². The van der Waals surface area contributed by atoms with Crippen LogP contribution in [0.2, 0.25) is 0 Å². The van der Waals surface area contributed by atoms with E-state index in [-0.39, 0.29) is 29.0 Å². The number of aromatic hydroxyl groups is 1. The molecule has 0 heterocycles. The van der Waals surface area contributed by atoms with Crippen LogP contribution in [0.3, 0.4) is 0 Å². The summed E-state index contributed by atoms with van der Waals surface area (Å²) in [6.45, 7) is -0.185. The Bertz CT molecular complexity index is 1450. The molecule has 0 saturated heterocycles. The van der Waals surface area contributed by atoms with Gasteiger partial charge in [-0.2, -0.15) is 0 Å². The molecule has 0 radical (unpaired) electrons. The van der Waals surface area contributed by atoms with Gasteiger partial charge in [-0.3, -0.25) is 0 Å². The number of esters is 1. The minimum atomic E-state index is -4.80. The summed E-state index contributed by atoms with van der Waals surface area (Å²) >= 11 is 0. The highest BCUT2D eigenvalue weighted by Crippen LogP contribution is 2.34. The van der Waals surface area contributed by atoms with Crippen molar-refractivity contribution >= 4 is 22.7 Å². The average molecular weight is 512 g/mol. The molecule has 1 unspecified atom stereocenters. The van der Waals surface area contributed by atoms with Gasteiger partial charge in [0.1, 0.15) is 24.2 Å². The molecule has 0 bridgehead atoms. The number of rotatable bonds is 7. The lowest BCUT2D eigenvalue weighted by Crippen LogP contribution is -2.17. The second-order valence-electron chi connectivity index (χ2n) is 8.07. The van der Waals surface area contributed by atoms with Gasteiger partial charge in [0, 0.05) is 5.56 Å². The second-order valence-corrected chi connectivity index (χ2v) is 8.07. The van der Waals surface area contributed by atoms with Gasteiger partial charge in [0.25, 0.3) is 0 Å². The molecule has 10 heteroatoms. The highest BCUT2D eigenvalue weighted by atomic mass is 19.4. The molecule has 37 heavy (non-hydrogen) atoms. The van der Waals surface area contributed by atoms with Crippen LogP contribution < -0.4 is 4.74 Å². The fourth-order valence-electron chi connectivity index (χ4n) is 3.66. The number of hydrogen-bond acceptors (Lipinski definition) is 6. The van der Waals surface area contributed by atoms with Gasteiger partial charge >= 0.3 is 18.3 Å². The number of aliphatic hydroxyl groups is 1. The standard InChI is InChI=1S/C27H19F3O7/c28-27(29,30)37-21-9-1-15(2-10-21)14-36-26(35)19-8-7-18-13-23(31)22(12-20(18)11-19)24(32)16-3-5-17(6-4-16)25(33)34/h1-13,24,31-32H,14H2,(H,33,34). The lowest BCUT2D eigenvalue weighted by atomic mass is 9.96. The monoisotopic (exact) mass is 512 g/mol. The molecule has 4 aromatic carbocycles. The average Bonchev–Trinajstić information content (AvgIpc) is 2.86. The molecule has 0 aliphatic heterocycles. The Morgan fingerprint density at radius 3 is 2.11 bits per heavy atom. The molecule has 0 fully saturated rings. The number of phenolic OH excluding ortho intramolecular Hbond substituents is 1. The number of aromatic carboxylic acids is 1. The summed E-state index contributed by atoms with van der Waals surface area (Å²) in [4.78, 5) is 23.6. The van der Waals surface area contributed by atoms with Crippen LogP contribution in [0.1, 0.15) is 43.5 Å². The molecular formula is C27H19F3O7. The third-order valence-corrected chi connectivity index (χ3v) is 5.52. The number of carboxylic acids is 1. The Balaban J connectivity index is 1.50. The minimum Gasteiger partial charge on any atom is -0.508 e. The van der Waals surface area contributed by atoms with Gasteiger partial charge in [0.15, 0.2) is 0 Å². The normalized spacial score (nSPS) is 12.2. The lowest BCUT2D eigenvalue weighted by molar-refractivity contribution is -0.274. The number of benzene rings is 4. The van der Waals surface area contributed by atoms with Crippen molar-refractivity contribution in [3.63, 3.8) is 0 Å². The first kappa shape index (κ1) is 25.5. The first-order valence-corrected chi connectivity index (χ1v) is 10.8. The van der Waals surface area contributed by atoms with E-state index in [1.165, 1.54) is 60.7 Å². The molecule has 1 atom stereocenters. The number of carbonyl (C=O) groups is 2. The van der Waals surface area contributed by atoms with E-state index in [0.29, 0.717) is 21.9 Å². The second kappa shape index (κ2) is 10.2. The molecule has 4 aromatic rings. The smallest absolute Gasteiger partial charge is 0.508 e. The van der Waals surface area contributed by atoms with Crippen LogP contribution in [0.15, 0.2) is 78.9 Å². The maximum absolute atomic E-state index is 12.6. The van der Waals surface area contributed by atoms with Gasteiger partial charge in [0.05, 0.1) is 11.1 Å². The molecule has 0 aliphatic rings. The third-order valence-electron chi connectivity index (χ3n) is 5.52. The molecule has 3 N–H and O–H groups in total. The number of ether oxygens (including phenoxy) is 2. The quantitative estimate of drug-likeness (QED) is 0.277. The van der Waals surface area contributed by atoms with E-state index in [1.54, 1.807) is 6.07 Å². The van der Waals surface area contributed by atoms with Crippen LogP contribution in [0.4, 0.5) is 13.2 Å². The van der Waals surface area contributed by atoms with Crippen molar-refractivity contribution in [3.8, 4) is 11.5 Å². The van der Waals surface area contributed by atoms with E-state index in [2.05, 4.69) is 4.74 Å². The molecular weight excluding hydrogens is 493 g/mol. The van der Waals surface area contributed by atoms with Gasteiger partial charge in [-0.25, -0.2) is 9.59 Å². The summed E-state index contributed by atoms with van der Waals surface area (Å²) in [5, 5.41) is 31.3. The van der Waals surface area contributed by atoms with Crippen molar-refractivity contribution in [2.75, 3.05) is 0 Å². The number of halogens is 3. The molecule has 0 spiro atoms. The number of hydrogen-bond donors (Lipinski definition) is 3. The number of aliphatic hydroxyl groups excluding tert-OH is 1. The van der Waals surface area contributed by atoms with E-state index in [1.807, 2.05) is 0 Å². The zero-order chi connectivity index (χ0) is 26.7. The zero-order valence-electron chi connectivity index (χ0n) is 18.9. The van der Waals surface area contributed by atoms with Crippen molar-refractivity contribution in [3.05, 3.63) is 107 Å². The summed E-state index contributed by atoms with van der Waals surface area (Å²) in [6.07, 6.45) is -6.06. The Morgan fingerprint density at radius 1 is 0.838 bits per heavy atom. The van der Waals surface area contributed by atoms with Crippen molar-refractivity contribution in [1.29, 1.82) is 0 Å². The van der Waals surface area contributed by atoms with E-state index in [9.17, 15) is 33.0 Å². The van der Waals surface area contributed by atoms with Crippen LogP contribution in [-0.2, 0) is 11.3 Å². The maximum atomic E-state index is 12.6. The molecule has 7 nitrogen and oxygen atoms in total. The topological polar surface area (TPSA) is 113 Å². The zero-order valence-corrected chi connectivity index (χ0v) is 18.9. The largest absolute Gasteiger partial charge is 0.573 e. The van der Waals surface area contributed by atoms with Crippen molar-refractivity contribution < 1.29 is 47.6 Å². The predicted octanol–water partition coefficient (Wildman–Crippen LogP) is 5.58. The molecule has 4 rings (SSSR count). The van der Waals surface area contributed by atoms with Gasteiger partial charge in [-0.15, -0.1) is 13.2 Å². The van der Waals surface area contributed by atoms with E-state index in [4.69, 9.17) is 9.84 Å². The van der Waals surface area contributed by atoms with Gasteiger partial charge in [-0.1, -0.05) is 30.3 Å². The number of fused-ring (bicyclic) bond motifs is 1. The van der Waals surface area contributed by atoms with Crippen molar-refractivity contribution in [1.82, 2.24) is 0 Å². The van der Waals surface area contributed by atoms with Gasteiger partial charge < -0.3 is 24.8 Å². The van der Waals surface area contributed by atoms with Crippen LogP contribution >= 0.6 is 0 Å². The van der Waals surface area contributed by atoms with Crippen LogP contribution in [0.25, 0.3) is 10.8 Å². The predicted molar refractivity (Wildman–Crippen MR) is 125 cm³/mol. The fourth-order valence-corrected chi connectivity index (χ4v) is 3.66.